The van der Waals surface area contributed by atoms with Gasteiger partial charge in [0.15, 0.2) is 0 Å². The number of ether oxygens (including phenoxy) is 2. The number of rotatable bonds is 14. The summed E-state index contributed by atoms with van der Waals surface area (Å²) in [5.74, 6) is 1.13. The van der Waals surface area contributed by atoms with Gasteiger partial charge in [-0.05, 0) is 55.2 Å². The molecule has 0 spiro atoms. The van der Waals surface area contributed by atoms with Gasteiger partial charge in [-0.15, -0.1) is 0 Å². The molecule has 1 aliphatic heterocycles. The minimum Gasteiger partial charge on any atom is -0.497 e. The quantitative estimate of drug-likeness (QED) is 0.314. The maximum atomic E-state index is 13.2. The second-order valence-corrected chi connectivity index (χ2v) is 9.26. The fourth-order valence-electron chi connectivity index (χ4n) is 4.60. The summed E-state index contributed by atoms with van der Waals surface area (Å²) in [6, 6.07) is 16.5. The molecule has 206 valence electrons. The number of hydrogen-bond acceptors (Lipinski definition) is 7. The molecule has 10 nitrogen and oxygen atoms in total. The van der Waals surface area contributed by atoms with Crippen LogP contribution in [0.25, 0.3) is 0 Å². The predicted octanol–water partition coefficient (Wildman–Crippen LogP) is 4.38. The molecule has 1 aromatic carbocycles. The number of urea groups is 1. The predicted molar refractivity (Wildman–Crippen MR) is 147 cm³/mol. The van der Waals surface area contributed by atoms with Crippen molar-refractivity contribution >= 4 is 17.8 Å². The Bertz CT molecular complexity index is 1240. The number of benzene rings is 1. The number of aliphatic carboxylic acids is 1. The summed E-state index contributed by atoms with van der Waals surface area (Å²) in [6.45, 7) is 4.60. The number of methoxy groups -OCH3 is 1. The summed E-state index contributed by atoms with van der Waals surface area (Å²) in [7, 11) is 1.65. The van der Waals surface area contributed by atoms with Crippen LogP contribution in [0, 0.1) is 0 Å². The Morgan fingerprint density at radius 2 is 1.95 bits per heavy atom. The molecule has 1 atom stereocenters. The molecule has 0 aliphatic carbocycles. The molecule has 3 heterocycles. The van der Waals surface area contributed by atoms with E-state index in [4.69, 9.17) is 14.5 Å². The van der Waals surface area contributed by atoms with Crippen LogP contribution < -0.4 is 14.8 Å². The summed E-state index contributed by atoms with van der Waals surface area (Å²) < 4.78 is 10.6. The monoisotopic (exact) mass is 533 g/mol. The Kier molecular flexibility index (Phi) is 9.55. The number of aryl methyl sites for hydroxylation is 1. The van der Waals surface area contributed by atoms with Crippen molar-refractivity contribution in [2.24, 2.45) is 0 Å². The molecule has 1 aliphatic rings. The molecule has 1 fully saturated rings. The number of nitrogens with zero attached hydrogens (tertiary/aromatic N) is 4. The van der Waals surface area contributed by atoms with Crippen molar-refractivity contribution in [2.45, 2.75) is 38.8 Å². The summed E-state index contributed by atoms with van der Waals surface area (Å²) in [4.78, 5) is 37.2. The third kappa shape index (κ3) is 7.59. The zero-order valence-electron chi connectivity index (χ0n) is 22.4. The summed E-state index contributed by atoms with van der Waals surface area (Å²) >= 11 is 0. The molecule has 39 heavy (non-hydrogen) atoms. The van der Waals surface area contributed by atoms with Gasteiger partial charge in [-0.2, -0.15) is 0 Å². The second kappa shape index (κ2) is 13.5. The molecule has 3 aromatic rings. The average molecular weight is 534 g/mol. The molecule has 2 aromatic heterocycles. The molecular weight excluding hydrogens is 498 g/mol. The van der Waals surface area contributed by atoms with Gasteiger partial charge in [-0.25, -0.2) is 14.8 Å². The number of aromatic nitrogens is 2. The number of carbonyl (C=O) groups excluding carboxylic acids is 1. The number of carboxylic acids is 1. The first-order valence-electron chi connectivity index (χ1n) is 13.2. The lowest BCUT2D eigenvalue weighted by Crippen LogP contribution is -2.36. The lowest BCUT2D eigenvalue weighted by atomic mass is 10.0. The number of pyridine rings is 2. The lowest BCUT2D eigenvalue weighted by molar-refractivity contribution is -0.138. The van der Waals surface area contributed by atoms with Gasteiger partial charge < -0.3 is 29.7 Å². The highest BCUT2D eigenvalue weighted by Crippen LogP contribution is 2.29. The fourth-order valence-corrected chi connectivity index (χ4v) is 4.60. The Morgan fingerprint density at radius 1 is 1.13 bits per heavy atom. The minimum atomic E-state index is -0.966. The number of amides is 2. The van der Waals surface area contributed by atoms with Crippen LogP contribution in [-0.2, 0) is 17.8 Å². The molecule has 0 radical (unpaired) electrons. The van der Waals surface area contributed by atoms with Crippen LogP contribution in [0.4, 0.5) is 10.6 Å². The third-order valence-corrected chi connectivity index (χ3v) is 6.61. The van der Waals surface area contributed by atoms with E-state index in [0.717, 1.165) is 35.7 Å². The van der Waals surface area contributed by atoms with E-state index in [0.29, 0.717) is 44.2 Å². The van der Waals surface area contributed by atoms with Gasteiger partial charge in [-0.1, -0.05) is 24.3 Å². The van der Waals surface area contributed by atoms with Crippen molar-refractivity contribution in [1.82, 2.24) is 19.8 Å². The Balaban J connectivity index is 1.30. The van der Waals surface area contributed by atoms with Crippen LogP contribution in [-0.4, -0.2) is 70.2 Å². The first-order valence-corrected chi connectivity index (χ1v) is 13.2. The zero-order chi connectivity index (χ0) is 27.6. The molecule has 2 amide bonds. The van der Waals surface area contributed by atoms with E-state index in [2.05, 4.69) is 10.3 Å². The Hall–Kier alpha value is -4.34. The molecule has 10 heteroatoms. The summed E-state index contributed by atoms with van der Waals surface area (Å²) in [6.07, 6.45) is 2.89. The summed E-state index contributed by atoms with van der Waals surface area (Å²) in [5, 5.41) is 12.9. The highest BCUT2D eigenvalue weighted by molar-refractivity contribution is 5.78. The SMILES string of the molecule is CCOc1ccc([C@H](CC(=O)O)N2CCN(CCCc3cccc(NCc4ccc(OC)cc4)n3)C2=O)cn1. The van der Waals surface area contributed by atoms with Gasteiger partial charge in [0, 0.05) is 44.1 Å². The van der Waals surface area contributed by atoms with Crippen LogP contribution in [0.3, 0.4) is 0 Å². The number of carbonyl (C=O) groups is 2. The standard InChI is InChI=1S/C29H35N5O5/c1-3-39-27-14-11-22(20-31-27)25(18-28(35)36)34-17-16-33(29(34)37)15-5-7-23-6-4-8-26(32-23)30-19-21-9-12-24(38-2)13-10-21/h4,6,8-14,20,25H,3,5,7,15-19H2,1-2H3,(H,30,32)(H,35,36)/t25-/m0/s1. The number of hydrogen-bond donors (Lipinski definition) is 2. The summed E-state index contributed by atoms with van der Waals surface area (Å²) in [5.41, 5.74) is 2.75. The highest BCUT2D eigenvalue weighted by Gasteiger charge is 2.35. The van der Waals surface area contributed by atoms with Gasteiger partial charge >= 0.3 is 12.0 Å². The second-order valence-electron chi connectivity index (χ2n) is 9.26. The largest absolute Gasteiger partial charge is 0.497 e. The van der Waals surface area contributed by atoms with Crippen molar-refractivity contribution in [3.05, 3.63) is 77.6 Å². The van der Waals surface area contributed by atoms with E-state index in [9.17, 15) is 14.7 Å². The van der Waals surface area contributed by atoms with E-state index in [1.54, 1.807) is 35.2 Å². The lowest BCUT2D eigenvalue weighted by Gasteiger charge is -2.27. The molecule has 0 bridgehead atoms. The van der Waals surface area contributed by atoms with Crippen LogP contribution in [0.2, 0.25) is 0 Å². The Morgan fingerprint density at radius 3 is 2.64 bits per heavy atom. The smallest absolute Gasteiger partial charge is 0.320 e. The van der Waals surface area contributed by atoms with Gasteiger partial charge in [-0.3, -0.25) is 4.79 Å². The maximum absolute atomic E-state index is 13.2. The molecule has 0 unspecified atom stereocenters. The molecule has 4 rings (SSSR count). The first kappa shape index (κ1) is 27.7. The first-order chi connectivity index (χ1) is 19.0. The zero-order valence-corrected chi connectivity index (χ0v) is 22.4. The number of nitrogens with one attached hydrogen (secondary N) is 1. The third-order valence-electron chi connectivity index (χ3n) is 6.61. The van der Waals surface area contributed by atoms with Gasteiger partial charge in [0.2, 0.25) is 5.88 Å². The van der Waals surface area contributed by atoms with Crippen LogP contribution >= 0.6 is 0 Å². The van der Waals surface area contributed by atoms with Crippen molar-refractivity contribution in [3.63, 3.8) is 0 Å². The average Bonchev–Trinajstić information content (AvgIpc) is 3.31. The van der Waals surface area contributed by atoms with Crippen molar-refractivity contribution < 1.29 is 24.2 Å². The van der Waals surface area contributed by atoms with E-state index < -0.39 is 12.0 Å². The molecule has 2 N–H and O–H groups in total. The van der Waals surface area contributed by atoms with Crippen LogP contribution in [0.5, 0.6) is 11.6 Å². The van der Waals surface area contributed by atoms with E-state index in [1.165, 1.54) is 0 Å². The molecule has 1 saturated heterocycles. The van der Waals surface area contributed by atoms with Crippen molar-refractivity contribution in [1.29, 1.82) is 0 Å². The van der Waals surface area contributed by atoms with E-state index in [-0.39, 0.29) is 12.5 Å². The maximum Gasteiger partial charge on any atom is 0.320 e. The normalized spacial score (nSPS) is 13.8. The fraction of sp³-hybridized carbons (Fsp3) is 0.379. The Labute approximate surface area is 228 Å². The van der Waals surface area contributed by atoms with Crippen molar-refractivity contribution in [3.8, 4) is 11.6 Å². The van der Waals surface area contributed by atoms with Gasteiger partial charge in [0.25, 0.3) is 0 Å². The minimum absolute atomic E-state index is 0.155. The van der Waals surface area contributed by atoms with Crippen LogP contribution in [0.1, 0.15) is 42.6 Å². The van der Waals surface area contributed by atoms with Gasteiger partial charge in [0.1, 0.15) is 11.6 Å². The highest BCUT2D eigenvalue weighted by atomic mass is 16.5. The topological polar surface area (TPSA) is 117 Å². The molecule has 0 saturated carbocycles. The van der Waals surface area contributed by atoms with Gasteiger partial charge in [0.05, 0.1) is 26.2 Å². The van der Waals surface area contributed by atoms with Crippen molar-refractivity contribution in [2.75, 3.05) is 38.7 Å². The van der Waals surface area contributed by atoms with E-state index in [1.807, 2.05) is 49.4 Å². The molecular formula is C29H35N5O5. The number of anilines is 1. The van der Waals surface area contributed by atoms with Crippen LogP contribution in [0.15, 0.2) is 60.8 Å². The number of carboxylic acid groups (broad SMARTS) is 1. The van der Waals surface area contributed by atoms with E-state index >= 15 is 0 Å².